The van der Waals surface area contributed by atoms with E-state index in [0.717, 1.165) is 12.5 Å². The lowest BCUT2D eigenvalue weighted by Crippen LogP contribution is -2.26. The van der Waals surface area contributed by atoms with Gasteiger partial charge in [0, 0.05) is 6.07 Å². The van der Waals surface area contributed by atoms with Crippen LogP contribution in [0.4, 0.5) is 0 Å². The zero-order valence-corrected chi connectivity index (χ0v) is 8.01. The van der Waals surface area contributed by atoms with Crippen molar-refractivity contribution in [2.24, 2.45) is 0 Å². The van der Waals surface area contributed by atoms with E-state index in [9.17, 15) is 9.90 Å². The maximum absolute atomic E-state index is 11.7. The van der Waals surface area contributed by atoms with E-state index in [-0.39, 0.29) is 23.0 Å². The van der Waals surface area contributed by atoms with Gasteiger partial charge in [-0.3, -0.25) is 9.63 Å². The van der Waals surface area contributed by atoms with Gasteiger partial charge < -0.3 is 10.2 Å². The molecular formula is C10H11NO4. The number of rotatable bonds is 1. The molecule has 1 aromatic carbocycles. The van der Waals surface area contributed by atoms with Crippen molar-refractivity contribution in [3.05, 3.63) is 23.8 Å². The maximum Gasteiger partial charge on any atom is 0.281 e. The molecule has 0 radical (unpaired) electrons. The molecule has 0 saturated carbocycles. The Morgan fingerprint density at radius 2 is 2.20 bits per heavy atom. The summed E-state index contributed by atoms with van der Waals surface area (Å²) in [6.45, 7) is 1.05. The van der Waals surface area contributed by atoms with Crippen molar-refractivity contribution in [1.82, 2.24) is 5.06 Å². The van der Waals surface area contributed by atoms with E-state index < -0.39 is 0 Å². The molecule has 1 aliphatic rings. The van der Waals surface area contributed by atoms with E-state index in [1.165, 1.54) is 17.2 Å². The Hall–Kier alpha value is -1.75. The molecule has 80 valence electrons. The van der Waals surface area contributed by atoms with Gasteiger partial charge in [-0.1, -0.05) is 0 Å². The third-order valence-electron chi connectivity index (χ3n) is 2.19. The number of nitrogens with zero attached hydrogens (tertiary/aromatic N) is 1. The maximum atomic E-state index is 11.7. The van der Waals surface area contributed by atoms with E-state index in [4.69, 9.17) is 9.94 Å². The Labute approximate surface area is 86.5 Å². The van der Waals surface area contributed by atoms with Gasteiger partial charge in [-0.15, -0.1) is 0 Å². The van der Waals surface area contributed by atoms with Crippen LogP contribution in [0.2, 0.25) is 0 Å². The number of hydrogen-bond acceptors (Lipinski definition) is 4. The van der Waals surface area contributed by atoms with Crippen LogP contribution in [0.25, 0.3) is 0 Å². The molecule has 1 aliphatic heterocycles. The van der Waals surface area contributed by atoms with Crippen LogP contribution in [0, 0.1) is 0 Å². The Morgan fingerprint density at radius 3 is 2.80 bits per heavy atom. The van der Waals surface area contributed by atoms with Crippen LogP contribution in [0.5, 0.6) is 11.5 Å². The van der Waals surface area contributed by atoms with Crippen LogP contribution in [0.3, 0.4) is 0 Å². The monoisotopic (exact) mass is 209 g/mol. The van der Waals surface area contributed by atoms with Gasteiger partial charge in [-0.25, -0.2) is 5.06 Å². The Bertz CT molecular complexity index is 385. The molecule has 1 fully saturated rings. The summed E-state index contributed by atoms with van der Waals surface area (Å²) in [6.07, 6.45) is 0.796. The highest BCUT2D eigenvalue weighted by Crippen LogP contribution is 2.24. The first kappa shape index (κ1) is 9.79. The lowest BCUT2D eigenvalue weighted by molar-refractivity contribution is -0.0769. The molecular weight excluding hydrogens is 198 g/mol. The standard InChI is InChI=1S/C10H11NO4/c12-7-2-3-8(9(13)6-7)10(14)11-4-1-5-15-11/h2-3,6,12-13H,1,4-5H2. The summed E-state index contributed by atoms with van der Waals surface area (Å²) in [7, 11) is 0. The van der Waals surface area contributed by atoms with Gasteiger partial charge in [0.15, 0.2) is 0 Å². The molecule has 15 heavy (non-hydrogen) atoms. The van der Waals surface area contributed by atoms with Gasteiger partial charge in [0.2, 0.25) is 0 Å². The van der Waals surface area contributed by atoms with Crippen LogP contribution in [-0.4, -0.2) is 34.3 Å². The molecule has 0 spiro atoms. The second-order valence-electron chi connectivity index (χ2n) is 3.30. The van der Waals surface area contributed by atoms with Crippen LogP contribution in [-0.2, 0) is 4.84 Å². The zero-order chi connectivity index (χ0) is 10.8. The minimum absolute atomic E-state index is 0.0774. The summed E-state index contributed by atoms with van der Waals surface area (Å²) in [5.74, 6) is -0.702. The van der Waals surface area contributed by atoms with E-state index in [0.29, 0.717) is 13.2 Å². The fraction of sp³-hybridized carbons (Fsp3) is 0.300. The fourth-order valence-electron chi connectivity index (χ4n) is 1.44. The molecule has 0 unspecified atom stereocenters. The number of phenols is 2. The van der Waals surface area contributed by atoms with Crippen molar-refractivity contribution >= 4 is 5.91 Å². The highest BCUT2D eigenvalue weighted by Gasteiger charge is 2.23. The molecule has 2 N–H and O–H groups in total. The molecule has 0 aromatic heterocycles. The summed E-state index contributed by atoms with van der Waals surface area (Å²) >= 11 is 0. The lowest BCUT2D eigenvalue weighted by Gasteiger charge is -2.14. The first-order valence-corrected chi connectivity index (χ1v) is 4.65. The van der Waals surface area contributed by atoms with Gasteiger partial charge in [0.25, 0.3) is 5.91 Å². The first-order chi connectivity index (χ1) is 7.18. The summed E-state index contributed by atoms with van der Waals surface area (Å²) in [4.78, 5) is 16.8. The van der Waals surface area contributed by atoms with Crippen molar-refractivity contribution in [3.8, 4) is 11.5 Å². The third-order valence-corrected chi connectivity index (χ3v) is 2.19. The molecule has 0 bridgehead atoms. The summed E-state index contributed by atoms with van der Waals surface area (Å²) in [6, 6.07) is 3.85. The Balaban J connectivity index is 2.24. The van der Waals surface area contributed by atoms with Crippen molar-refractivity contribution in [2.45, 2.75) is 6.42 Å². The van der Waals surface area contributed by atoms with Gasteiger partial charge >= 0.3 is 0 Å². The number of hydroxylamine groups is 2. The smallest absolute Gasteiger partial charge is 0.281 e. The quantitative estimate of drug-likeness (QED) is 0.720. The van der Waals surface area contributed by atoms with Crippen LogP contribution in [0.1, 0.15) is 16.8 Å². The minimum atomic E-state index is -0.384. The van der Waals surface area contributed by atoms with Gasteiger partial charge in [0.05, 0.1) is 18.7 Å². The molecule has 0 atom stereocenters. The SMILES string of the molecule is O=C(c1ccc(O)cc1O)N1CCCO1. The van der Waals surface area contributed by atoms with E-state index >= 15 is 0 Å². The lowest BCUT2D eigenvalue weighted by atomic mass is 10.2. The number of carbonyl (C=O) groups excluding carboxylic acids is 1. The molecule has 1 heterocycles. The molecule has 1 amide bonds. The van der Waals surface area contributed by atoms with E-state index in [1.807, 2.05) is 0 Å². The summed E-state index contributed by atoms with van der Waals surface area (Å²) in [5, 5.41) is 19.7. The number of aromatic hydroxyl groups is 2. The third kappa shape index (κ3) is 1.87. The molecule has 2 rings (SSSR count). The van der Waals surface area contributed by atoms with Crippen molar-refractivity contribution in [2.75, 3.05) is 13.2 Å². The highest BCUT2D eigenvalue weighted by atomic mass is 16.7. The largest absolute Gasteiger partial charge is 0.508 e. The second kappa shape index (κ2) is 3.78. The predicted molar refractivity (Wildman–Crippen MR) is 51.4 cm³/mol. The van der Waals surface area contributed by atoms with Crippen LogP contribution in [0.15, 0.2) is 18.2 Å². The van der Waals surface area contributed by atoms with E-state index in [2.05, 4.69) is 0 Å². The number of benzene rings is 1. The average Bonchev–Trinajstić information content (AvgIpc) is 2.69. The first-order valence-electron chi connectivity index (χ1n) is 4.65. The van der Waals surface area contributed by atoms with Crippen LogP contribution < -0.4 is 0 Å². The van der Waals surface area contributed by atoms with Gasteiger partial charge in [-0.2, -0.15) is 0 Å². The molecule has 5 heteroatoms. The zero-order valence-electron chi connectivity index (χ0n) is 8.01. The summed E-state index contributed by atoms with van der Waals surface area (Å²) in [5.41, 5.74) is 0.134. The van der Waals surface area contributed by atoms with Crippen molar-refractivity contribution < 1.29 is 19.8 Å². The molecule has 5 nitrogen and oxygen atoms in total. The van der Waals surface area contributed by atoms with Crippen molar-refractivity contribution in [1.29, 1.82) is 0 Å². The number of amides is 1. The summed E-state index contributed by atoms with van der Waals surface area (Å²) < 4.78 is 0. The topological polar surface area (TPSA) is 70.0 Å². The molecule has 1 saturated heterocycles. The Morgan fingerprint density at radius 1 is 1.40 bits per heavy atom. The minimum Gasteiger partial charge on any atom is -0.508 e. The second-order valence-corrected chi connectivity index (χ2v) is 3.30. The van der Waals surface area contributed by atoms with E-state index in [1.54, 1.807) is 0 Å². The van der Waals surface area contributed by atoms with Crippen LogP contribution >= 0.6 is 0 Å². The fourth-order valence-corrected chi connectivity index (χ4v) is 1.44. The van der Waals surface area contributed by atoms with Gasteiger partial charge in [-0.05, 0) is 18.6 Å². The predicted octanol–water partition coefficient (Wildman–Crippen LogP) is 0.875. The average molecular weight is 209 g/mol. The number of hydrogen-bond donors (Lipinski definition) is 2. The Kier molecular flexibility index (Phi) is 2.47. The van der Waals surface area contributed by atoms with Crippen molar-refractivity contribution in [3.63, 3.8) is 0 Å². The normalized spacial score (nSPS) is 15.6. The highest BCUT2D eigenvalue weighted by molar-refractivity contribution is 5.96. The van der Waals surface area contributed by atoms with Gasteiger partial charge in [0.1, 0.15) is 11.5 Å². The number of phenolic OH excluding ortho intramolecular Hbond substituents is 2. The molecule has 1 aromatic rings. The molecule has 0 aliphatic carbocycles. The number of carbonyl (C=O) groups is 1.